The molecule has 0 aliphatic carbocycles. The molecule has 23 heavy (non-hydrogen) atoms. The van der Waals surface area contributed by atoms with Crippen LogP contribution in [0.25, 0.3) is 0 Å². The number of aryl methyl sites for hydroxylation is 1. The van der Waals surface area contributed by atoms with Crippen LogP contribution in [-0.4, -0.2) is 32.6 Å². The highest BCUT2D eigenvalue weighted by molar-refractivity contribution is 7.92. The quantitative estimate of drug-likeness (QED) is 0.862. The van der Waals surface area contributed by atoms with E-state index in [1.807, 2.05) is 0 Å². The summed E-state index contributed by atoms with van der Waals surface area (Å²) in [6, 6.07) is 4.67. The summed E-state index contributed by atoms with van der Waals surface area (Å²) < 4.78 is 24.1. The van der Waals surface area contributed by atoms with E-state index < -0.39 is 15.9 Å². The first kappa shape index (κ1) is 18.0. The highest BCUT2D eigenvalue weighted by atomic mass is 35.5. The molecule has 0 unspecified atom stereocenters. The van der Waals surface area contributed by atoms with Crippen molar-refractivity contribution in [2.45, 2.75) is 6.92 Å². The van der Waals surface area contributed by atoms with Crippen LogP contribution in [0.1, 0.15) is 15.4 Å². The molecule has 0 fully saturated rings. The second-order valence-corrected chi connectivity index (χ2v) is 8.62. The van der Waals surface area contributed by atoms with Gasteiger partial charge in [0.15, 0.2) is 5.13 Å². The Bertz CT molecular complexity index is 845. The lowest BCUT2D eigenvalue weighted by molar-refractivity contribution is 0.103. The van der Waals surface area contributed by atoms with Gasteiger partial charge in [-0.3, -0.25) is 4.79 Å². The molecule has 0 aliphatic rings. The van der Waals surface area contributed by atoms with Gasteiger partial charge in [-0.1, -0.05) is 34.5 Å². The third kappa shape index (κ3) is 4.35. The van der Waals surface area contributed by atoms with Gasteiger partial charge < -0.3 is 5.32 Å². The van der Waals surface area contributed by atoms with Crippen LogP contribution >= 0.6 is 34.5 Å². The van der Waals surface area contributed by atoms with E-state index in [-0.39, 0.29) is 5.13 Å². The third-order valence-electron chi connectivity index (χ3n) is 2.88. The average molecular weight is 394 g/mol. The maximum Gasteiger partial charge on any atom is 0.267 e. The summed E-state index contributed by atoms with van der Waals surface area (Å²) >= 11 is 12.8. The normalized spacial score (nSPS) is 11.3. The van der Waals surface area contributed by atoms with Crippen molar-refractivity contribution in [3.63, 3.8) is 0 Å². The largest absolute Gasteiger partial charge is 0.321 e. The molecule has 1 N–H and O–H groups in total. The summed E-state index contributed by atoms with van der Waals surface area (Å²) in [6.07, 6.45) is 1.07. The molecule has 1 amide bonds. The lowest BCUT2D eigenvalue weighted by atomic mass is 10.3. The molecule has 1 aromatic heterocycles. The van der Waals surface area contributed by atoms with Crippen molar-refractivity contribution >= 4 is 61.3 Å². The number of nitrogens with one attached hydrogen (secondary N) is 1. The zero-order chi connectivity index (χ0) is 17.4. The zero-order valence-corrected chi connectivity index (χ0v) is 15.6. The maximum absolute atomic E-state index is 12.3. The van der Waals surface area contributed by atoms with Crippen LogP contribution in [-0.2, 0) is 10.0 Å². The van der Waals surface area contributed by atoms with E-state index in [1.165, 1.54) is 7.05 Å². The summed E-state index contributed by atoms with van der Waals surface area (Å²) in [7, 11) is -2.06. The first-order valence-electron chi connectivity index (χ1n) is 6.26. The van der Waals surface area contributed by atoms with Gasteiger partial charge in [0, 0.05) is 22.8 Å². The molecule has 1 heterocycles. The van der Waals surface area contributed by atoms with Gasteiger partial charge in [-0.2, -0.15) is 0 Å². The Morgan fingerprint density at radius 2 is 1.83 bits per heavy atom. The molecule has 1 aromatic carbocycles. The predicted molar refractivity (Wildman–Crippen MR) is 94.5 cm³/mol. The fourth-order valence-corrected chi connectivity index (χ4v) is 3.88. The highest BCUT2D eigenvalue weighted by Crippen LogP contribution is 2.28. The average Bonchev–Trinajstić information content (AvgIpc) is 2.77. The standard InChI is InChI=1S/C13H13Cl2N3O3S2/c1-7-11(22-13(16-7)18(2)23(3,20)21)12(19)17-10-5-8(14)4-9(15)6-10/h4-6H,1-3H3,(H,17,19). The number of thiazole rings is 1. The third-order valence-corrected chi connectivity index (χ3v) is 5.83. The topological polar surface area (TPSA) is 79.4 Å². The van der Waals surface area contributed by atoms with Crippen molar-refractivity contribution in [2.75, 3.05) is 22.9 Å². The molecule has 6 nitrogen and oxygen atoms in total. The van der Waals surface area contributed by atoms with E-state index in [9.17, 15) is 13.2 Å². The lowest BCUT2D eigenvalue weighted by Gasteiger charge is -2.11. The van der Waals surface area contributed by atoms with Gasteiger partial charge in [-0.05, 0) is 25.1 Å². The molecule has 2 aromatic rings. The van der Waals surface area contributed by atoms with E-state index >= 15 is 0 Å². The van der Waals surface area contributed by atoms with Gasteiger partial charge in [0.2, 0.25) is 10.0 Å². The van der Waals surface area contributed by atoms with Crippen LogP contribution in [0.5, 0.6) is 0 Å². The van der Waals surface area contributed by atoms with Gasteiger partial charge in [-0.25, -0.2) is 17.7 Å². The van der Waals surface area contributed by atoms with Gasteiger partial charge in [0.05, 0.1) is 11.9 Å². The van der Waals surface area contributed by atoms with Crippen LogP contribution in [0.15, 0.2) is 18.2 Å². The van der Waals surface area contributed by atoms with Crippen molar-refractivity contribution < 1.29 is 13.2 Å². The number of halogens is 2. The first-order chi connectivity index (χ1) is 10.6. The molecule has 0 saturated carbocycles. The molecule has 10 heteroatoms. The van der Waals surface area contributed by atoms with Crippen LogP contribution < -0.4 is 9.62 Å². The molecule has 0 saturated heterocycles. The summed E-state index contributed by atoms with van der Waals surface area (Å²) in [5.41, 5.74) is 0.879. The fourth-order valence-electron chi connectivity index (χ4n) is 1.68. The Morgan fingerprint density at radius 1 is 1.26 bits per heavy atom. The molecular formula is C13H13Cl2N3O3S2. The maximum atomic E-state index is 12.3. The number of rotatable bonds is 4. The number of carbonyl (C=O) groups is 1. The zero-order valence-electron chi connectivity index (χ0n) is 12.4. The van der Waals surface area contributed by atoms with Crippen LogP contribution in [0.3, 0.4) is 0 Å². The summed E-state index contributed by atoms with van der Waals surface area (Å²) in [6.45, 7) is 1.63. The van der Waals surface area contributed by atoms with Crippen LogP contribution in [0.4, 0.5) is 10.8 Å². The molecule has 0 radical (unpaired) electrons. The minimum Gasteiger partial charge on any atom is -0.321 e. The number of nitrogens with zero attached hydrogens (tertiary/aromatic N) is 2. The summed E-state index contributed by atoms with van der Waals surface area (Å²) in [4.78, 5) is 16.8. The van der Waals surface area contributed by atoms with Gasteiger partial charge in [-0.15, -0.1) is 0 Å². The van der Waals surface area contributed by atoms with Gasteiger partial charge in [0.25, 0.3) is 5.91 Å². The Labute approximate surface area is 148 Å². The van der Waals surface area contributed by atoms with Gasteiger partial charge >= 0.3 is 0 Å². The molecule has 0 aliphatic heterocycles. The SMILES string of the molecule is Cc1nc(N(C)S(C)(=O)=O)sc1C(=O)Nc1cc(Cl)cc(Cl)c1. The van der Waals surface area contributed by atoms with E-state index in [0.717, 1.165) is 21.9 Å². The Hall–Kier alpha value is -1.35. The monoisotopic (exact) mass is 393 g/mol. The van der Waals surface area contributed by atoms with Crippen molar-refractivity contribution in [3.8, 4) is 0 Å². The number of sulfonamides is 1. The minimum absolute atomic E-state index is 0.222. The smallest absolute Gasteiger partial charge is 0.267 e. The lowest BCUT2D eigenvalue weighted by Crippen LogP contribution is -2.24. The van der Waals surface area contributed by atoms with Crippen LogP contribution in [0.2, 0.25) is 10.0 Å². The highest BCUT2D eigenvalue weighted by Gasteiger charge is 2.21. The van der Waals surface area contributed by atoms with Crippen molar-refractivity contribution in [1.82, 2.24) is 4.98 Å². The number of anilines is 2. The van der Waals surface area contributed by atoms with Crippen molar-refractivity contribution in [1.29, 1.82) is 0 Å². The van der Waals surface area contributed by atoms with Crippen molar-refractivity contribution in [2.24, 2.45) is 0 Å². The Kier molecular flexibility index (Phi) is 5.20. The number of aromatic nitrogens is 1. The number of carbonyl (C=O) groups excluding carboxylic acids is 1. The molecular weight excluding hydrogens is 381 g/mol. The second-order valence-electron chi connectivity index (χ2n) is 4.75. The number of benzene rings is 1. The Morgan fingerprint density at radius 3 is 2.35 bits per heavy atom. The summed E-state index contributed by atoms with van der Waals surface area (Å²) in [5, 5.41) is 3.68. The first-order valence-corrected chi connectivity index (χ1v) is 9.69. The van der Waals surface area contributed by atoms with Gasteiger partial charge in [0.1, 0.15) is 4.88 Å². The van der Waals surface area contributed by atoms with E-state index in [0.29, 0.717) is 26.3 Å². The second kappa shape index (κ2) is 6.64. The molecule has 0 atom stereocenters. The number of hydrogen-bond donors (Lipinski definition) is 1. The number of hydrogen-bond acceptors (Lipinski definition) is 5. The molecule has 124 valence electrons. The minimum atomic E-state index is -3.44. The van der Waals surface area contributed by atoms with E-state index in [4.69, 9.17) is 23.2 Å². The fraction of sp³-hybridized carbons (Fsp3) is 0.231. The molecule has 0 spiro atoms. The van der Waals surface area contributed by atoms with Crippen molar-refractivity contribution in [3.05, 3.63) is 38.8 Å². The van der Waals surface area contributed by atoms with E-state index in [1.54, 1.807) is 25.1 Å². The summed E-state index contributed by atoms with van der Waals surface area (Å²) in [5.74, 6) is -0.411. The molecule has 0 bridgehead atoms. The predicted octanol–water partition coefficient (Wildman–Crippen LogP) is 3.41. The number of amides is 1. The van der Waals surface area contributed by atoms with E-state index in [2.05, 4.69) is 10.3 Å². The molecule has 2 rings (SSSR count). The Balaban J connectivity index is 2.28. The van der Waals surface area contributed by atoms with Crippen LogP contribution in [0, 0.1) is 6.92 Å².